The van der Waals surface area contributed by atoms with Gasteiger partial charge in [0.25, 0.3) is 0 Å². The van der Waals surface area contributed by atoms with E-state index >= 15 is 0 Å². The Morgan fingerprint density at radius 2 is 1.83 bits per heavy atom. The Morgan fingerprint density at radius 1 is 1.25 bits per heavy atom. The van der Waals surface area contributed by atoms with Crippen molar-refractivity contribution in [3.05, 3.63) is 0 Å². The van der Waals surface area contributed by atoms with Gasteiger partial charge in [-0.25, -0.2) is 0 Å². The van der Waals surface area contributed by atoms with Crippen molar-refractivity contribution in [2.75, 3.05) is 6.61 Å². The van der Waals surface area contributed by atoms with Gasteiger partial charge in [-0.3, -0.25) is 0 Å². The van der Waals surface area contributed by atoms with Gasteiger partial charge in [0, 0.05) is 6.61 Å². The minimum atomic E-state index is -0.167. The smallest absolute Gasteiger partial charge is 0.0598 e. The first-order valence-corrected chi connectivity index (χ1v) is 4.74. The van der Waals surface area contributed by atoms with Crippen LogP contribution in [0.4, 0.5) is 0 Å². The van der Waals surface area contributed by atoms with Crippen molar-refractivity contribution >= 4 is 0 Å². The highest BCUT2D eigenvalue weighted by Crippen LogP contribution is 2.08. The first kappa shape index (κ1) is 11.9. The highest BCUT2D eigenvalue weighted by molar-refractivity contribution is 4.58. The summed E-state index contributed by atoms with van der Waals surface area (Å²) >= 11 is 0. The molecule has 0 saturated carbocycles. The molecule has 1 N–H and O–H groups in total. The molecule has 2 nitrogen and oxygen atoms in total. The second-order valence-electron chi connectivity index (χ2n) is 4.31. The van der Waals surface area contributed by atoms with Crippen molar-refractivity contribution in [2.45, 2.75) is 58.7 Å². The molecule has 1 atom stereocenters. The van der Waals surface area contributed by atoms with Gasteiger partial charge in [-0.1, -0.05) is 0 Å². The van der Waals surface area contributed by atoms with Crippen LogP contribution in [-0.4, -0.2) is 23.4 Å². The maximum Gasteiger partial charge on any atom is 0.0598 e. The van der Waals surface area contributed by atoms with Gasteiger partial charge in [0.05, 0.1) is 11.7 Å². The van der Waals surface area contributed by atoms with Crippen LogP contribution in [0.2, 0.25) is 0 Å². The monoisotopic (exact) mass is 174 g/mol. The van der Waals surface area contributed by atoms with Crippen LogP contribution >= 0.6 is 0 Å². The number of unbranched alkanes of at least 4 members (excludes halogenated alkanes) is 1. The Hall–Kier alpha value is -0.0800. The fourth-order valence-corrected chi connectivity index (χ4v) is 0.920. The molecule has 74 valence electrons. The molecule has 1 unspecified atom stereocenters. The second kappa shape index (κ2) is 5.55. The molecular formula is C10H22O2. The minimum absolute atomic E-state index is 0.0230. The molecule has 0 aromatic rings. The number of aliphatic hydroxyl groups is 1. The molecule has 0 amide bonds. The Bertz CT molecular complexity index is 103. The van der Waals surface area contributed by atoms with E-state index in [2.05, 4.69) is 20.8 Å². The largest absolute Gasteiger partial charge is 0.393 e. The standard InChI is InChI=1S/C10H22O2/c1-9(11)7-5-6-8-12-10(2,3)4/h9,11H,5-8H2,1-4H3. The highest BCUT2D eigenvalue weighted by atomic mass is 16.5. The lowest BCUT2D eigenvalue weighted by molar-refractivity contribution is -0.00549. The summed E-state index contributed by atoms with van der Waals surface area (Å²) in [6.45, 7) is 8.80. The van der Waals surface area contributed by atoms with Crippen molar-refractivity contribution in [3.8, 4) is 0 Å². The quantitative estimate of drug-likeness (QED) is 0.648. The molecule has 0 aliphatic rings. The summed E-state index contributed by atoms with van der Waals surface area (Å²) in [6, 6.07) is 0. The normalized spacial score (nSPS) is 14.8. The van der Waals surface area contributed by atoms with E-state index < -0.39 is 0 Å². The number of aliphatic hydroxyl groups excluding tert-OH is 1. The van der Waals surface area contributed by atoms with Gasteiger partial charge in [0.15, 0.2) is 0 Å². The molecule has 0 aromatic carbocycles. The van der Waals surface area contributed by atoms with E-state index in [9.17, 15) is 0 Å². The van der Waals surface area contributed by atoms with Crippen molar-refractivity contribution in [1.29, 1.82) is 0 Å². The predicted molar refractivity (Wildman–Crippen MR) is 51.2 cm³/mol. The van der Waals surface area contributed by atoms with E-state index in [1.54, 1.807) is 0 Å². The third-order valence-electron chi connectivity index (χ3n) is 1.55. The van der Waals surface area contributed by atoms with E-state index in [0.717, 1.165) is 25.9 Å². The average molecular weight is 174 g/mol. The SMILES string of the molecule is CC(O)CCCCOC(C)(C)C. The van der Waals surface area contributed by atoms with Crippen LogP contribution in [0.3, 0.4) is 0 Å². The zero-order valence-corrected chi connectivity index (χ0v) is 8.76. The summed E-state index contributed by atoms with van der Waals surface area (Å²) in [5, 5.41) is 8.97. The van der Waals surface area contributed by atoms with Crippen LogP contribution in [0, 0.1) is 0 Å². The summed E-state index contributed by atoms with van der Waals surface area (Å²) < 4.78 is 5.53. The molecule has 0 radical (unpaired) electrons. The number of hydrogen-bond acceptors (Lipinski definition) is 2. The van der Waals surface area contributed by atoms with Gasteiger partial charge < -0.3 is 9.84 Å². The molecule has 0 aliphatic carbocycles. The van der Waals surface area contributed by atoms with Gasteiger partial charge >= 0.3 is 0 Å². The first-order chi connectivity index (χ1) is 5.42. The van der Waals surface area contributed by atoms with E-state index in [4.69, 9.17) is 9.84 Å². The van der Waals surface area contributed by atoms with Crippen molar-refractivity contribution < 1.29 is 9.84 Å². The maximum absolute atomic E-state index is 8.97. The van der Waals surface area contributed by atoms with Gasteiger partial charge in [-0.05, 0) is 47.0 Å². The van der Waals surface area contributed by atoms with Crippen LogP contribution in [0.25, 0.3) is 0 Å². The fourth-order valence-electron chi connectivity index (χ4n) is 0.920. The van der Waals surface area contributed by atoms with Crippen LogP contribution < -0.4 is 0 Å². The maximum atomic E-state index is 8.97. The lowest BCUT2D eigenvalue weighted by Gasteiger charge is -2.19. The third-order valence-corrected chi connectivity index (χ3v) is 1.55. The Balaban J connectivity index is 3.12. The molecule has 0 spiro atoms. The van der Waals surface area contributed by atoms with Gasteiger partial charge in [-0.15, -0.1) is 0 Å². The van der Waals surface area contributed by atoms with E-state index in [0.29, 0.717) is 0 Å². The van der Waals surface area contributed by atoms with Crippen molar-refractivity contribution in [1.82, 2.24) is 0 Å². The summed E-state index contributed by atoms with van der Waals surface area (Å²) in [7, 11) is 0. The van der Waals surface area contributed by atoms with Crippen LogP contribution in [0.1, 0.15) is 47.0 Å². The van der Waals surface area contributed by atoms with Gasteiger partial charge in [-0.2, -0.15) is 0 Å². The predicted octanol–water partition coefficient (Wildman–Crippen LogP) is 2.35. The van der Waals surface area contributed by atoms with Crippen molar-refractivity contribution in [3.63, 3.8) is 0 Å². The van der Waals surface area contributed by atoms with Crippen LogP contribution in [0.5, 0.6) is 0 Å². The molecule has 0 aromatic heterocycles. The Morgan fingerprint density at radius 3 is 2.25 bits per heavy atom. The van der Waals surface area contributed by atoms with Crippen LogP contribution in [0.15, 0.2) is 0 Å². The van der Waals surface area contributed by atoms with Crippen molar-refractivity contribution in [2.24, 2.45) is 0 Å². The fraction of sp³-hybridized carbons (Fsp3) is 1.00. The molecule has 0 bridgehead atoms. The average Bonchev–Trinajstić information content (AvgIpc) is 1.83. The molecule has 0 heterocycles. The second-order valence-corrected chi connectivity index (χ2v) is 4.31. The number of rotatable bonds is 5. The molecule has 2 heteroatoms. The molecular weight excluding hydrogens is 152 g/mol. The Labute approximate surface area is 75.9 Å². The van der Waals surface area contributed by atoms with E-state index in [-0.39, 0.29) is 11.7 Å². The highest BCUT2D eigenvalue weighted by Gasteiger charge is 2.08. The zero-order valence-electron chi connectivity index (χ0n) is 8.76. The molecule has 0 fully saturated rings. The first-order valence-electron chi connectivity index (χ1n) is 4.74. The van der Waals surface area contributed by atoms with E-state index in [1.807, 2.05) is 6.92 Å². The molecule has 12 heavy (non-hydrogen) atoms. The number of hydrogen-bond donors (Lipinski definition) is 1. The third kappa shape index (κ3) is 9.92. The van der Waals surface area contributed by atoms with Gasteiger partial charge in [0.2, 0.25) is 0 Å². The molecule has 0 rings (SSSR count). The summed E-state index contributed by atoms with van der Waals surface area (Å²) in [6.07, 6.45) is 2.81. The summed E-state index contributed by atoms with van der Waals surface area (Å²) in [5.74, 6) is 0. The van der Waals surface area contributed by atoms with Gasteiger partial charge in [0.1, 0.15) is 0 Å². The zero-order chi connectivity index (χ0) is 9.61. The number of ether oxygens (including phenoxy) is 1. The lowest BCUT2D eigenvalue weighted by atomic mass is 10.1. The van der Waals surface area contributed by atoms with E-state index in [1.165, 1.54) is 0 Å². The molecule has 0 saturated heterocycles. The van der Waals surface area contributed by atoms with Crippen LogP contribution in [-0.2, 0) is 4.74 Å². The summed E-state index contributed by atoms with van der Waals surface area (Å²) in [4.78, 5) is 0. The molecule has 0 aliphatic heterocycles. The minimum Gasteiger partial charge on any atom is -0.393 e. The topological polar surface area (TPSA) is 29.5 Å². The summed E-state index contributed by atoms with van der Waals surface area (Å²) in [5.41, 5.74) is -0.0230. The lowest BCUT2D eigenvalue weighted by Crippen LogP contribution is -2.19. The Kier molecular flexibility index (Phi) is 5.51.